The Morgan fingerprint density at radius 2 is 2.00 bits per heavy atom. The van der Waals surface area contributed by atoms with E-state index in [1.807, 2.05) is 0 Å². The molecule has 3 rings (SSSR count). The lowest BCUT2D eigenvalue weighted by Gasteiger charge is -2.25. The number of hydrogen-bond acceptors (Lipinski definition) is 4. The van der Waals surface area contributed by atoms with Crippen LogP contribution in [0, 0.1) is 11.3 Å². The number of rotatable bonds is 4. The second kappa shape index (κ2) is 7.02. The zero-order valence-electron chi connectivity index (χ0n) is 14.6. The molecule has 4 amide bonds. The molecule has 27 heavy (non-hydrogen) atoms. The van der Waals surface area contributed by atoms with Gasteiger partial charge < -0.3 is 10.6 Å². The van der Waals surface area contributed by atoms with E-state index in [9.17, 15) is 19.6 Å². The molecule has 9 heteroatoms. The number of nitrogens with zero attached hydrogens (tertiary/aromatic N) is 2. The monoisotopic (exact) mass is 408 g/mol. The second-order valence-electron chi connectivity index (χ2n) is 7.02. The van der Waals surface area contributed by atoms with Crippen LogP contribution in [0.1, 0.15) is 38.2 Å². The van der Waals surface area contributed by atoms with Crippen LogP contribution in [0.15, 0.2) is 18.2 Å². The molecular formula is C18H18Cl2N4O3. The average Bonchev–Trinajstić information content (AvgIpc) is 3.14. The van der Waals surface area contributed by atoms with Crippen LogP contribution in [0.4, 0.5) is 4.79 Å². The normalized spacial score (nSPS) is 23.9. The zero-order valence-corrected chi connectivity index (χ0v) is 16.2. The number of benzene rings is 1. The summed E-state index contributed by atoms with van der Waals surface area (Å²) in [5.74, 6) is -1.14. The SMILES string of the molecule is C[C@]1(c2ccc(Cl)cc2Cl)NC(=O)N(CC(=O)NC2(C#N)CCCC2)C1=O. The highest BCUT2D eigenvalue weighted by Gasteiger charge is 2.50. The van der Waals surface area contributed by atoms with Crippen LogP contribution in [0.2, 0.25) is 10.0 Å². The number of carbonyl (C=O) groups is 3. The van der Waals surface area contributed by atoms with Gasteiger partial charge in [0.05, 0.1) is 6.07 Å². The van der Waals surface area contributed by atoms with Gasteiger partial charge in [0.2, 0.25) is 5.91 Å². The maximum Gasteiger partial charge on any atom is 0.325 e. The molecule has 1 aliphatic carbocycles. The summed E-state index contributed by atoms with van der Waals surface area (Å²) in [4.78, 5) is 38.5. The summed E-state index contributed by atoms with van der Waals surface area (Å²) in [7, 11) is 0. The summed E-state index contributed by atoms with van der Waals surface area (Å²) < 4.78 is 0. The topological polar surface area (TPSA) is 102 Å². The van der Waals surface area contributed by atoms with E-state index in [1.165, 1.54) is 13.0 Å². The molecule has 1 saturated carbocycles. The fraction of sp³-hybridized carbons (Fsp3) is 0.444. The highest BCUT2D eigenvalue weighted by molar-refractivity contribution is 6.35. The quantitative estimate of drug-likeness (QED) is 0.747. The third-order valence-corrected chi connectivity index (χ3v) is 5.64. The molecule has 2 fully saturated rings. The van der Waals surface area contributed by atoms with Crippen molar-refractivity contribution in [3.05, 3.63) is 33.8 Å². The van der Waals surface area contributed by atoms with Gasteiger partial charge in [-0.3, -0.25) is 14.5 Å². The summed E-state index contributed by atoms with van der Waals surface area (Å²) in [6, 6.07) is 6.07. The Kier molecular flexibility index (Phi) is 5.06. The Bertz CT molecular complexity index is 861. The molecule has 1 saturated heterocycles. The van der Waals surface area contributed by atoms with Crippen LogP contribution >= 0.6 is 23.2 Å². The first-order valence-corrected chi connectivity index (χ1v) is 9.28. The molecule has 0 radical (unpaired) electrons. The molecule has 1 heterocycles. The fourth-order valence-corrected chi connectivity index (χ4v) is 4.21. The van der Waals surface area contributed by atoms with Crippen LogP contribution in [0.5, 0.6) is 0 Å². The van der Waals surface area contributed by atoms with Gasteiger partial charge in [-0.2, -0.15) is 5.26 Å². The van der Waals surface area contributed by atoms with Gasteiger partial charge in [0.25, 0.3) is 5.91 Å². The molecular weight excluding hydrogens is 391 g/mol. The van der Waals surface area contributed by atoms with Crippen molar-refractivity contribution in [2.24, 2.45) is 0 Å². The van der Waals surface area contributed by atoms with Crippen molar-refractivity contribution in [3.63, 3.8) is 0 Å². The highest BCUT2D eigenvalue weighted by Crippen LogP contribution is 2.35. The van der Waals surface area contributed by atoms with Crippen LogP contribution in [0.25, 0.3) is 0 Å². The molecule has 0 spiro atoms. The lowest BCUT2D eigenvalue weighted by molar-refractivity contribution is -0.135. The van der Waals surface area contributed by atoms with E-state index in [1.54, 1.807) is 12.1 Å². The van der Waals surface area contributed by atoms with Gasteiger partial charge in [-0.15, -0.1) is 0 Å². The molecule has 2 aliphatic rings. The molecule has 7 nitrogen and oxygen atoms in total. The highest BCUT2D eigenvalue weighted by atomic mass is 35.5. The molecule has 0 unspecified atom stereocenters. The number of hydrogen-bond donors (Lipinski definition) is 2. The smallest absolute Gasteiger partial charge is 0.325 e. The Balaban J connectivity index is 1.78. The van der Waals surface area contributed by atoms with E-state index in [0.29, 0.717) is 23.4 Å². The molecule has 1 atom stereocenters. The number of carbonyl (C=O) groups excluding carboxylic acids is 3. The van der Waals surface area contributed by atoms with Gasteiger partial charge in [-0.05, 0) is 44.7 Å². The first-order chi connectivity index (χ1) is 12.7. The molecule has 0 bridgehead atoms. The van der Waals surface area contributed by atoms with Crippen LogP contribution in [-0.4, -0.2) is 34.8 Å². The van der Waals surface area contributed by atoms with Gasteiger partial charge in [-0.25, -0.2) is 4.79 Å². The van der Waals surface area contributed by atoms with Crippen molar-refractivity contribution in [3.8, 4) is 6.07 Å². The van der Waals surface area contributed by atoms with Gasteiger partial charge >= 0.3 is 6.03 Å². The third kappa shape index (κ3) is 3.47. The van der Waals surface area contributed by atoms with Crippen molar-refractivity contribution in [2.45, 2.75) is 43.7 Å². The number of imide groups is 1. The molecule has 142 valence electrons. The first-order valence-electron chi connectivity index (χ1n) is 8.53. The summed E-state index contributed by atoms with van der Waals surface area (Å²) in [5.41, 5.74) is -1.93. The predicted octanol–water partition coefficient (Wildman–Crippen LogP) is 2.71. The molecule has 1 aromatic rings. The predicted molar refractivity (Wildman–Crippen MR) is 99.0 cm³/mol. The van der Waals surface area contributed by atoms with Gasteiger partial charge in [0, 0.05) is 15.6 Å². The van der Waals surface area contributed by atoms with E-state index in [4.69, 9.17) is 23.2 Å². The minimum Gasteiger partial charge on any atom is -0.336 e. The Morgan fingerprint density at radius 1 is 1.33 bits per heavy atom. The number of amides is 4. The maximum atomic E-state index is 12.9. The summed E-state index contributed by atoms with van der Waals surface area (Å²) in [6.07, 6.45) is 2.83. The van der Waals surface area contributed by atoms with E-state index >= 15 is 0 Å². The second-order valence-corrected chi connectivity index (χ2v) is 7.86. The number of urea groups is 1. The summed E-state index contributed by atoms with van der Waals surface area (Å²) >= 11 is 12.1. The zero-order chi connectivity index (χ0) is 19.8. The number of nitriles is 1. The van der Waals surface area contributed by atoms with E-state index in [0.717, 1.165) is 17.7 Å². The van der Waals surface area contributed by atoms with Crippen LogP contribution in [0.3, 0.4) is 0 Å². The molecule has 1 aliphatic heterocycles. The maximum absolute atomic E-state index is 12.9. The first kappa shape index (κ1) is 19.5. The van der Waals surface area contributed by atoms with Gasteiger partial charge in [0.15, 0.2) is 0 Å². The van der Waals surface area contributed by atoms with Crippen molar-refractivity contribution in [1.29, 1.82) is 5.26 Å². The lowest BCUT2D eigenvalue weighted by Crippen LogP contribution is -2.50. The largest absolute Gasteiger partial charge is 0.336 e. The summed E-state index contributed by atoms with van der Waals surface area (Å²) in [5, 5.41) is 15.3. The Hall–Kier alpha value is -2.30. The van der Waals surface area contributed by atoms with Gasteiger partial charge in [-0.1, -0.05) is 29.3 Å². The van der Waals surface area contributed by atoms with E-state index in [2.05, 4.69) is 16.7 Å². The lowest BCUT2D eigenvalue weighted by atomic mass is 9.92. The van der Waals surface area contributed by atoms with Crippen molar-refractivity contribution >= 4 is 41.0 Å². The minimum atomic E-state index is -1.40. The summed E-state index contributed by atoms with van der Waals surface area (Å²) in [6.45, 7) is 1.06. The standard InChI is InChI=1S/C18H18Cl2N4O3/c1-17(12-5-4-11(19)8-13(12)20)15(26)24(16(27)23-17)9-14(25)22-18(10-21)6-2-3-7-18/h4-5,8H,2-3,6-7,9H2,1H3,(H,22,25)(H,23,27)/t17-/m1/s1. The third-order valence-electron chi connectivity index (χ3n) is 5.10. The van der Waals surface area contributed by atoms with Crippen molar-refractivity contribution in [2.75, 3.05) is 6.54 Å². The van der Waals surface area contributed by atoms with Crippen LogP contribution in [-0.2, 0) is 15.1 Å². The fourth-order valence-electron chi connectivity index (χ4n) is 3.61. The van der Waals surface area contributed by atoms with Crippen molar-refractivity contribution in [1.82, 2.24) is 15.5 Å². The number of halogens is 2. The Labute approximate surface area is 166 Å². The molecule has 2 N–H and O–H groups in total. The van der Waals surface area contributed by atoms with Crippen molar-refractivity contribution < 1.29 is 14.4 Å². The number of nitrogens with one attached hydrogen (secondary N) is 2. The molecule has 0 aromatic heterocycles. The Morgan fingerprint density at radius 3 is 2.59 bits per heavy atom. The van der Waals surface area contributed by atoms with E-state index in [-0.39, 0.29) is 5.02 Å². The minimum absolute atomic E-state index is 0.236. The van der Waals surface area contributed by atoms with E-state index < -0.39 is 35.5 Å². The average molecular weight is 409 g/mol. The molecule has 1 aromatic carbocycles. The van der Waals surface area contributed by atoms with Gasteiger partial charge in [0.1, 0.15) is 17.6 Å². The van der Waals surface area contributed by atoms with Crippen LogP contribution < -0.4 is 10.6 Å².